The highest BCUT2D eigenvalue weighted by Gasteiger charge is 2.23. The Balaban J connectivity index is 2.07. The van der Waals surface area contributed by atoms with Gasteiger partial charge in [0.1, 0.15) is 5.75 Å². The molecule has 0 aliphatic rings. The van der Waals surface area contributed by atoms with Crippen LogP contribution in [0.1, 0.15) is 37.9 Å². The van der Waals surface area contributed by atoms with Gasteiger partial charge in [-0.25, -0.2) is 8.42 Å². The summed E-state index contributed by atoms with van der Waals surface area (Å²) in [5.74, 6) is 1.04. The van der Waals surface area contributed by atoms with Gasteiger partial charge in [-0.3, -0.25) is 4.72 Å². The molecule has 1 heterocycles. The summed E-state index contributed by atoms with van der Waals surface area (Å²) in [7, 11) is -3.85. The molecule has 28 heavy (non-hydrogen) atoms. The highest BCUT2D eigenvalue weighted by Crippen LogP contribution is 2.33. The molecule has 0 radical (unpaired) electrons. The van der Waals surface area contributed by atoms with Crippen LogP contribution < -0.4 is 9.46 Å². The monoisotopic (exact) mass is 400 g/mol. The van der Waals surface area contributed by atoms with Crippen LogP contribution in [0.3, 0.4) is 0 Å². The van der Waals surface area contributed by atoms with E-state index in [2.05, 4.69) is 9.88 Å². The molecule has 0 fully saturated rings. The van der Waals surface area contributed by atoms with Crippen LogP contribution in [0.15, 0.2) is 57.9 Å². The molecule has 0 saturated heterocycles. The van der Waals surface area contributed by atoms with Gasteiger partial charge < -0.3 is 9.26 Å². The molecule has 0 spiro atoms. The van der Waals surface area contributed by atoms with Gasteiger partial charge in [-0.2, -0.15) is 0 Å². The molecule has 2 aromatic carbocycles. The summed E-state index contributed by atoms with van der Waals surface area (Å²) in [5, 5.41) is 3.89. The Morgan fingerprint density at radius 1 is 1.14 bits per heavy atom. The van der Waals surface area contributed by atoms with Crippen molar-refractivity contribution in [3.05, 3.63) is 59.8 Å². The molecule has 0 amide bonds. The summed E-state index contributed by atoms with van der Waals surface area (Å²) in [6, 6.07) is 14.1. The van der Waals surface area contributed by atoms with Gasteiger partial charge in [0.2, 0.25) is 0 Å². The van der Waals surface area contributed by atoms with Gasteiger partial charge in [0.15, 0.2) is 5.76 Å². The third-order valence-electron chi connectivity index (χ3n) is 4.27. The number of aryl methyl sites for hydroxylation is 1. The molecule has 1 N–H and O–H groups in total. The summed E-state index contributed by atoms with van der Waals surface area (Å²) >= 11 is 0. The van der Waals surface area contributed by atoms with Crippen molar-refractivity contribution in [1.29, 1.82) is 0 Å². The van der Waals surface area contributed by atoms with Crippen molar-refractivity contribution in [3.63, 3.8) is 0 Å². The lowest BCUT2D eigenvalue weighted by molar-refractivity contribution is 0.342. The van der Waals surface area contributed by atoms with E-state index in [4.69, 9.17) is 9.26 Å². The van der Waals surface area contributed by atoms with Gasteiger partial charge in [-0.1, -0.05) is 43.3 Å². The van der Waals surface area contributed by atoms with E-state index >= 15 is 0 Å². The smallest absolute Gasteiger partial charge is 0.262 e. The highest BCUT2D eigenvalue weighted by atomic mass is 32.2. The summed E-state index contributed by atoms with van der Waals surface area (Å²) in [5.41, 5.74) is 2.51. The number of anilines is 1. The molecule has 0 unspecified atom stereocenters. The lowest BCUT2D eigenvalue weighted by Crippen LogP contribution is -2.16. The third kappa shape index (κ3) is 4.20. The molecule has 0 aliphatic carbocycles. The lowest BCUT2D eigenvalue weighted by Gasteiger charge is -2.17. The molecule has 148 valence electrons. The topological polar surface area (TPSA) is 81.4 Å². The molecule has 3 rings (SSSR count). The first-order chi connectivity index (χ1) is 13.3. The lowest BCUT2D eigenvalue weighted by atomic mass is 10.0. The number of para-hydroxylation sites is 2. The number of nitrogens with one attached hydrogen (secondary N) is 1. The molecular formula is C21H24N2O4S. The molecule has 0 saturated carbocycles. The van der Waals surface area contributed by atoms with E-state index in [0.717, 1.165) is 11.3 Å². The van der Waals surface area contributed by atoms with Gasteiger partial charge in [-0.15, -0.1) is 0 Å². The van der Waals surface area contributed by atoms with Crippen LogP contribution in [0.4, 0.5) is 5.69 Å². The van der Waals surface area contributed by atoms with Crippen molar-refractivity contribution < 1.29 is 17.7 Å². The van der Waals surface area contributed by atoms with E-state index in [0.29, 0.717) is 29.4 Å². The fourth-order valence-corrected chi connectivity index (χ4v) is 4.39. The molecule has 7 heteroatoms. The third-order valence-corrected chi connectivity index (χ3v) is 5.69. The Morgan fingerprint density at radius 2 is 1.89 bits per heavy atom. The van der Waals surface area contributed by atoms with Crippen molar-refractivity contribution in [3.8, 4) is 17.1 Å². The van der Waals surface area contributed by atoms with Crippen LogP contribution in [-0.2, 0) is 10.0 Å². The molecule has 1 aromatic heterocycles. The minimum atomic E-state index is -3.85. The van der Waals surface area contributed by atoms with Crippen LogP contribution >= 0.6 is 0 Å². The number of hydrogen-bond donors (Lipinski definition) is 1. The first-order valence-corrected chi connectivity index (χ1v) is 10.6. The summed E-state index contributed by atoms with van der Waals surface area (Å²) < 4.78 is 40.0. The van der Waals surface area contributed by atoms with Gasteiger partial charge in [-0.05, 0) is 43.5 Å². The van der Waals surface area contributed by atoms with E-state index in [1.54, 1.807) is 36.4 Å². The average Bonchev–Trinajstić information content (AvgIpc) is 3.09. The van der Waals surface area contributed by atoms with Gasteiger partial charge >= 0.3 is 0 Å². The van der Waals surface area contributed by atoms with E-state index in [9.17, 15) is 8.42 Å². The van der Waals surface area contributed by atoms with Gasteiger partial charge in [0.05, 0.1) is 22.9 Å². The SMILES string of the molecule is CCOc1ccccc1NS(=O)(=O)c1cc(-c2cc(C)no2)ccc1C(C)C. The number of nitrogens with zero attached hydrogens (tertiary/aromatic N) is 1. The van der Waals surface area contributed by atoms with Crippen LogP contribution in [0, 0.1) is 6.92 Å². The van der Waals surface area contributed by atoms with E-state index in [1.807, 2.05) is 39.8 Å². The standard InChI is InChI=1S/C21H24N2O4S/c1-5-26-19-9-7-6-8-18(19)23-28(24,25)21-13-16(10-11-17(21)14(2)3)20-12-15(4)22-27-20/h6-14,23H,5H2,1-4H3. The summed E-state index contributed by atoms with van der Waals surface area (Å²) in [6.45, 7) is 8.03. The second-order valence-corrected chi connectivity index (χ2v) is 8.43. The van der Waals surface area contributed by atoms with Crippen molar-refractivity contribution >= 4 is 15.7 Å². The zero-order chi connectivity index (χ0) is 20.3. The van der Waals surface area contributed by atoms with Crippen molar-refractivity contribution in [2.24, 2.45) is 0 Å². The predicted octanol–water partition coefficient (Wildman–Crippen LogP) is 4.97. The van der Waals surface area contributed by atoms with E-state index in [1.165, 1.54) is 0 Å². The predicted molar refractivity (Wildman–Crippen MR) is 109 cm³/mol. The average molecular weight is 401 g/mol. The number of sulfonamides is 1. The van der Waals surface area contributed by atoms with Crippen molar-refractivity contribution in [1.82, 2.24) is 5.16 Å². The molecular weight excluding hydrogens is 376 g/mol. The van der Waals surface area contributed by atoms with Crippen LogP contribution in [0.2, 0.25) is 0 Å². The summed E-state index contributed by atoms with van der Waals surface area (Å²) in [6.07, 6.45) is 0. The molecule has 3 aromatic rings. The summed E-state index contributed by atoms with van der Waals surface area (Å²) in [4.78, 5) is 0.209. The maximum atomic E-state index is 13.3. The second-order valence-electron chi connectivity index (χ2n) is 6.77. The van der Waals surface area contributed by atoms with Crippen LogP contribution in [-0.4, -0.2) is 20.2 Å². The molecule has 6 nitrogen and oxygen atoms in total. The van der Waals surface area contributed by atoms with E-state index in [-0.39, 0.29) is 10.8 Å². The van der Waals surface area contributed by atoms with Gasteiger partial charge in [0, 0.05) is 11.6 Å². The zero-order valence-corrected chi connectivity index (χ0v) is 17.2. The molecule has 0 bridgehead atoms. The Bertz CT molecular complexity index is 1070. The van der Waals surface area contributed by atoms with Crippen molar-refractivity contribution in [2.75, 3.05) is 11.3 Å². The number of benzene rings is 2. The number of rotatable bonds is 7. The zero-order valence-electron chi connectivity index (χ0n) is 16.4. The Labute approximate surface area is 165 Å². The number of aromatic nitrogens is 1. The second kappa shape index (κ2) is 8.06. The largest absolute Gasteiger partial charge is 0.492 e. The minimum absolute atomic E-state index is 0.0271. The fraction of sp³-hybridized carbons (Fsp3) is 0.286. The Hall–Kier alpha value is -2.80. The maximum absolute atomic E-state index is 13.3. The normalized spacial score (nSPS) is 11.6. The fourth-order valence-electron chi connectivity index (χ4n) is 2.93. The Kier molecular flexibility index (Phi) is 5.74. The first kappa shape index (κ1) is 19.9. The van der Waals surface area contributed by atoms with Gasteiger partial charge in [0.25, 0.3) is 10.0 Å². The quantitative estimate of drug-likeness (QED) is 0.605. The van der Waals surface area contributed by atoms with Crippen LogP contribution in [0.5, 0.6) is 5.75 Å². The van der Waals surface area contributed by atoms with E-state index < -0.39 is 10.0 Å². The number of hydrogen-bond acceptors (Lipinski definition) is 5. The maximum Gasteiger partial charge on any atom is 0.262 e. The Morgan fingerprint density at radius 3 is 2.54 bits per heavy atom. The number of ether oxygens (including phenoxy) is 1. The van der Waals surface area contributed by atoms with Crippen LogP contribution in [0.25, 0.3) is 11.3 Å². The minimum Gasteiger partial charge on any atom is -0.492 e. The van der Waals surface area contributed by atoms with Crippen molar-refractivity contribution in [2.45, 2.75) is 38.5 Å². The highest BCUT2D eigenvalue weighted by molar-refractivity contribution is 7.92. The molecule has 0 atom stereocenters. The first-order valence-electron chi connectivity index (χ1n) is 9.14. The molecule has 0 aliphatic heterocycles.